The van der Waals surface area contributed by atoms with Crippen molar-refractivity contribution >= 4 is 16.9 Å². The summed E-state index contributed by atoms with van der Waals surface area (Å²) in [6.07, 6.45) is 0. The highest BCUT2D eigenvalue weighted by Gasteiger charge is 2.12. The standard InChI is InChI=1S/C11H8FNO3/c1-5-2-6(12)3-7-8(11(15)16)4-9(14)13-10(5)7/h2-4H,1H3,(H,13,14)(H,15,16). The van der Waals surface area contributed by atoms with E-state index in [1.807, 2.05) is 0 Å². The van der Waals surface area contributed by atoms with Crippen molar-refractivity contribution in [1.29, 1.82) is 0 Å². The topological polar surface area (TPSA) is 70.2 Å². The van der Waals surface area contributed by atoms with Gasteiger partial charge in [-0.3, -0.25) is 4.79 Å². The molecule has 0 fully saturated rings. The number of aromatic amines is 1. The van der Waals surface area contributed by atoms with Crippen molar-refractivity contribution in [2.24, 2.45) is 0 Å². The summed E-state index contributed by atoms with van der Waals surface area (Å²) in [6.45, 7) is 1.60. The van der Waals surface area contributed by atoms with Gasteiger partial charge < -0.3 is 10.1 Å². The third-order valence-corrected chi connectivity index (χ3v) is 2.34. The lowest BCUT2D eigenvalue weighted by Crippen LogP contribution is -2.11. The summed E-state index contributed by atoms with van der Waals surface area (Å²) in [4.78, 5) is 24.6. The Kier molecular flexibility index (Phi) is 2.23. The number of pyridine rings is 1. The number of nitrogens with one attached hydrogen (secondary N) is 1. The lowest BCUT2D eigenvalue weighted by molar-refractivity contribution is 0.0699. The van der Waals surface area contributed by atoms with Gasteiger partial charge in [0.25, 0.3) is 0 Å². The molecule has 2 rings (SSSR count). The molecule has 0 saturated carbocycles. The number of benzene rings is 1. The van der Waals surface area contributed by atoms with Crippen LogP contribution in [0.4, 0.5) is 4.39 Å². The predicted octanol–water partition coefficient (Wildman–Crippen LogP) is 1.67. The number of carboxylic acid groups (broad SMARTS) is 1. The van der Waals surface area contributed by atoms with Gasteiger partial charge in [-0.1, -0.05) is 0 Å². The van der Waals surface area contributed by atoms with Crippen LogP contribution >= 0.6 is 0 Å². The molecule has 1 aromatic carbocycles. The van der Waals surface area contributed by atoms with E-state index in [9.17, 15) is 14.0 Å². The van der Waals surface area contributed by atoms with Gasteiger partial charge in [-0.15, -0.1) is 0 Å². The van der Waals surface area contributed by atoms with Gasteiger partial charge in [-0.05, 0) is 24.6 Å². The predicted molar refractivity (Wildman–Crippen MR) is 56.2 cm³/mol. The highest BCUT2D eigenvalue weighted by molar-refractivity contribution is 6.02. The second-order valence-electron chi connectivity index (χ2n) is 3.50. The molecule has 0 amide bonds. The fourth-order valence-corrected chi connectivity index (χ4v) is 1.67. The lowest BCUT2D eigenvalue weighted by atomic mass is 10.1. The van der Waals surface area contributed by atoms with Crippen molar-refractivity contribution in [1.82, 2.24) is 4.98 Å². The Bertz CT molecular complexity index is 645. The number of carboxylic acids is 1. The zero-order chi connectivity index (χ0) is 11.9. The molecule has 0 radical (unpaired) electrons. The SMILES string of the molecule is Cc1cc(F)cc2c(C(=O)O)cc(=O)[nH]c12. The van der Waals surface area contributed by atoms with Gasteiger partial charge in [0.2, 0.25) is 5.56 Å². The molecular formula is C11H8FNO3. The fraction of sp³-hybridized carbons (Fsp3) is 0.0909. The number of aryl methyl sites for hydroxylation is 1. The summed E-state index contributed by atoms with van der Waals surface area (Å²) in [6, 6.07) is 3.29. The van der Waals surface area contributed by atoms with Crippen LogP contribution < -0.4 is 5.56 Å². The molecule has 0 bridgehead atoms. The Hall–Kier alpha value is -2.17. The number of aromatic carboxylic acids is 1. The van der Waals surface area contributed by atoms with E-state index in [0.29, 0.717) is 11.1 Å². The minimum Gasteiger partial charge on any atom is -0.478 e. The van der Waals surface area contributed by atoms with E-state index in [2.05, 4.69) is 4.98 Å². The van der Waals surface area contributed by atoms with Crippen molar-refractivity contribution in [3.05, 3.63) is 45.5 Å². The van der Waals surface area contributed by atoms with Crippen molar-refractivity contribution in [2.45, 2.75) is 6.92 Å². The smallest absolute Gasteiger partial charge is 0.336 e. The first-order chi connectivity index (χ1) is 7.49. The molecule has 2 N–H and O–H groups in total. The van der Waals surface area contributed by atoms with Crippen LogP contribution in [-0.2, 0) is 0 Å². The number of rotatable bonds is 1. The maximum absolute atomic E-state index is 13.2. The molecule has 0 spiro atoms. The van der Waals surface area contributed by atoms with E-state index in [0.717, 1.165) is 12.1 Å². The highest BCUT2D eigenvalue weighted by Crippen LogP contribution is 2.20. The molecule has 5 heteroatoms. The molecular weight excluding hydrogens is 213 g/mol. The summed E-state index contributed by atoms with van der Waals surface area (Å²) in [5.74, 6) is -1.78. The largest absolute Gasteiger partial charge is 0.478 e. The molecule has 0 atom stereocenters. The average Bonchev–Trinajstić information content (AvgIpc) is 2.18. The van der Waals surface area contributed by atoms with Gasteiger partial charge in [0.15, 0.2) is 0 Å². The summed E-state index contributed by atoms with van der Waals surface area (Å²) in [7, 11) is 0. The van der Waals surface area contributed by atoms with Gasteiger partial charge >= 0.3 is 5.97 Å². The Balaban J connectivity index is 3.01. The summed E-state index contributed by atoms with van der Waals surface area (Å²) >= 11 is 0. The van der Waals surface area contributed by atoms with E-state index < -0.39 is 17.3 Å². The van der Waals surface area contributed by atoms with E-state index in [1.54, 1.807) is 6.92 Å². The Morgan fingerprint density at radius 1 is 1.38 bits per heavy atom. The molecule has 1 aromatic heterocycles. The van der Waals surface area contributed by atoms with Crippen LogP contribution in [0, 0.1) is 12.7 Å². The van der Waals surface area contributed by atoms with Crippen LogP contribution in [0.2, 0.25) is 0 Å². The molecule has 0 aliphatic carbocycles. The van der Waals surface area contributed by atoms with Crippen molar-refractivity contribution in [3.63, 3.8) is 0 Å². The molecule has 4 nitrogen and oxygen atoms in total. The number of hydrogen-bond acceptors (Lipinski definition) is 2. The number of fused-ring (bicyclic) bond motifs is 1. The average molecular weight is 221 g/mol. The number of H-pyrrole nitrogens is 1. The molecule has 1 heterocycles. The van der Waals surface area contributed by atoms with Crippen molar-refractivity contribution in [2.75, 3.05) is 0 Å². The molecule has 16 heavy (non-hydrogen) atoms. The molecule has 82 valence electrons. The first kappa shape index (κ1) is 10.4. The zero-order valence-corrected chi connectivity index (χ0v) is 8.37. The zero-order valence-electron chi connectivity index (χ0n) is 8.37. The summed E-state index contributed by atoms with van der Waals surface area (Å²) in [5, 5.41) is 9.11. The van der Waals surface area contributed by atoms with Gasteiger partial charge in [-0.25, -0.2) is 9.18 Å². The van der Waals surface area contributed by atoms with Crippen LogP contribution in [0.1, 0.15) is 15.9 Å². The maximum atomic E-state index is 13.2. The minimum atomic E-state index is -1.25. The highest BCUT2D eigenvalue weighted by atomic mass is 19.1. The number of hydrogen-bond donors (Lipinski definition) is 2. The quantitative estimate of drug-likeness (QED) is 0.769. The van der Waals surface area contributed by atoms with Gasteiger partial charge in [0.05, 0.1) is 11.1 Å². The third-order valence-electron chi connectivity index (χ3n) is 2.34. The van der Waals surface area contributed by atoms with Crippen LogP contribution in [0.25, 0.3) is 10.9 Å². The van der Waals surface area contributed by atoms with E-state index in [4.69, 9.17) is 5.11 Å². The van der Waals surface area contributed by atoms with Gasteiger partial charge in [0.1, 0.15) is 5.82 Å². The van der Waals surface area contributed by atoms with E-state index in [1.165, 1.54) is 6.07 Å². The third kappa shape index (κ3) is 1.56. The van der Waals surface area contributed by atoms with E-state index in [-0.39, 0.29) is 10.9 Å². The molecule has 0 saturated heterocycles. The number of carbonyl (C=O) groups is 1. The second-order valence-corrected chi connectivity index (χ2v) is 3.50. The molecule has 0 aliphatic heterocycles. The number of aromatic nitrogens is 1. The Morgan fingerprint density at radius 2 is 2.06 bits per heavy atom. The first-order valence-electron chi connectivity index (χ1n) is 4.55. The molecule has 2 aromatic rings. The summed E-state index contributed by atoms with van der Waals surface area (Å²) in [5.41, 5.74) is 0.141. The summed E-state index contributed by atoms with van der Waals surface area (Å²) < 4.78 is 13.2. The monoisotopic (exact) mass is 221 g/mol. The molecule has 0 unspecified atom stereocenters. The lowest BCUT2D eigenvalue weighted by Gasteiger charge is -2.05. The van der Waals surface area contributed by atoms with E-state index >= 15 is 0 Å². The van der Waals surface area contributed by atoms with Crippen LogP contribution in [0.3, 0.4) is 0 Å². The van der Waals surface area contributed by atoms with Crippen LogP contribution in [0.5, 0.6) is 0 Å². The Morgan fingerprint density at radius 3 is 2.69 bits per heavy atom. The van der Waals surface area contributed by atoms with Crippen LogP contribution in [-0.4, -0.2) is 16.1 Å². The van der Waals surface area contributed by atoms with Crippen molar-refractivity contribution in [3.8, 4) is 0 Å². The maximum Gasteiger partial charge on any atom is 0.336 e. The normalized spacial score (nSPS) is 10.6. The van der Waals surface area contributed by atoms with Crippen molar-refractivity contribution < 1.29 is 14.3 Å². The number of halogens is 1. The minimum absolute atomic E-state index is 0.193. The van der Waals surface area contributed by atoms with Gasteiger partial charge in [0, 0.05) is 11.5 Å². The van der Waals surface area contributed by atoms with Crippen LogP contribution in [0.15, 0.2) is 23.0 Å². The fourth-order valence-electron chi connectivity index (χ4n) is 1.67. The first-order valence-corrected chi connectivity index (χ1v) is 4.55. The second kappa shape index (κ2) is 3.44. The molecule has 0 aliphatic rings. The van der Waals surface area contributed by atoms with Gasteiger partial charge in [-0.2, -0.15) is 0 Å². The Labute approximate surface area is 89.3 Å².